The molecule has 0 bridgehead atoms. The summed E-state index contributed by atoms with van der Waals surface area (Å²) in [6, 6.07) is 32.8. The van der Waals surface area contributed by atoms with E-state index in [0.29, 0.717) is 0 Å². The molecule has 0 unspecified atom stereocenters. The van der Waals surface area contributed by atoms with Gasteiger partial charge in [0.05, 0.1) is 11.2 Å². The number of hydrogen-bond acceptors (Lipinski definition) is 3. The van der Waals surface area contributed by atoms with Crippen LogP contribution in [0.25, 0.3) is 33.9 Å². The molecular formula is C31H26N2O. The van der Waals surface area contributed by atoms with Gasteiger partial charge in [0.25, 0.3) is 0 Å². The van der Waals surface area contributed by atoms with Crippen LogP contribution in [0.4, 0.5) is 5.82 Å². The Bertz CT molecular complexity index is 1630. The summed E-state index contributed by atoms with van der Waals surface area (Å²) in [4.78, 5) is 9.85. The molecule has 0 spiro atoms. The Morgan fingerprint density at radius 1 is 0.853 bits per heavy atom. The lowest BCUT2D eigenvalue weighted by Gasteiger charge is -2.08. The van der Waals surface area contributed by atoms with E-state index in [-0.39, 0.29) is 0 Å². The molecular weight excluding hydrogens is 416 g/mol. The lowest BCUT2D eigenvalue weighted by Crippen LogP contribution is -2.28. The SMILES string of the molecule is C/C=c1/cccc/c1=C(/C(C)=Nc1nc2ccccc2cc1C)c1ccc(-c2ccccc2)o1. The minimum atomic E-state index is 0.724. The Labute approximate surface area is 199 Å². The molecule has 0 N–H and O–H groups in total. The number of furan rings is 1. The molecule has 3 aromatic carbocycles. The van der Waals surface area contributed by atoms with Crippen molar-refractivity contribution in [2.75, 3.05) is 0 Å². The van der Waals surface area contributed by atoms with Gasteiger partial charge in [-0.15, -0.1) is 0 Å². The first-order chi connectivity index (χ1) is 16.6. The highest BCUT2D eigenvalue weighted by molar-refractivity contribution is 6.22. The standard InChI is InChI=1S/C31H26N2O/c1-4-23-12-8-10-16-26(23)30(29-19-18-28(34-29)24-13-6-5-7-14-24)22(3)32-31-21(2)20-25-15-9-11-17-27(25)33-31/h4-20H,1-3H3/b23-4-,30-26+,32-22?. The highest BCUT2D eigenvalue weighted by atomic mass is 16.3. The van der Waals surface area contributed by atoms with Gasteiger partial charge in [-0.2, -0.15) is 0 Å². The van der Waals surface area contributed by atoms with E-state index < -0.39 is 0 Å². The van der Waals surface area contributed by atoms with Crippen molar-refractivity contribution in [1.29, 1.82) is 0 Å². The lowest BCUT2D eigenvalue weighted by molar-refractivity contribution is 0.569. The van der Waals surface area contributed by atoms with Crippen LogP contribution in [0.15, 0.2) is 106 Å². The van der Waals surface area contributed by atoms with Crippen LogP contribution in [0.1, 0.15) is 25.2 Å². The Kier molecular flexibility index (Phi) is 5.92. The van der Waals surface area contributed by atoms with E-state index in [4.69, 9.17) is 14.4 Å². The highest BCUT2D eigenvalue weighted by Gasteiger charge is 2.15. The molecule has 0 saturated carbocycles. The first-order valence-electron chi connectivity index (χ1n) is 11.5. The van der Waals surface area contributed by atoms with Gasteiger partial charge in [-0.3, -0.25) is 0 Å². The van der Waals surface area contributed by atoms with Gasteiger partial charge in [-0.05, 0) is 61.0 Å². The van der Waals surface area contributed by atoms with E-state index in [9.17, 15) is 0 Å². The topological polar surface area (TPSA) is 38.4 Å². The number of pyridine rings is 1. The number of rotatable bonds is 4. The fraction of sp³-hybridized carbons (Fsp3) is 0.0968. The summed E-state index contributed by atoms with van der Waals surface area (Å²) in [6.45, 7) is 6.14. The Morgan fingerprint density at radius 3 is 2.41 bits per heavy atom. The molecule has 0 radical (unpaired) electrons. The average Bonchev–Trinajstić information content (AvgIpc) is 3.35. The van der Waals surface area contributed by atoms with Crippen LogP contribution in [-0.2, 0) is 0 Å². The molecule has 34 heavy (non-hydrogen) atoms. The minimum Gasteiger partial charge on any atom is -0.456 e. The summed E-state index contributed by atoms with van der Waals surface area (Å²) in [6.07, 6.45) is 2.11. The number of aliphatic imine (C=N–C) groups is 1. The van der Waals surface area contributed by atoms with Gasteiger partial charge in [-0.1, -0.05) is 78.9 Å². The van der Waals surface area contributed by atoms with Gasteiger partial charge in [0, 0.05) is 16.5 Å². The molecule has 3 heteroatoms. The van der Waals surface area contributed by atoms with Crippen molar-refractivity contribution < 1.29 is 4.42 Å². The Morgan fingerprint density at radius 2 is 1.59 bits per heavy atom. The van der Waals surface area contributed by atoms with E-state index in [0.717, 1.165) is 61.1 Å². The van der Waals surface area contributed by atoms with E-state index in [1.54, 1.807) is 0 Å². The molecule has 2 heterocycles. The van der Waals surface area contributed by atoms with Gasteiger partial charge in [0.1, 0.15) is 11.5 Å². The molecule has 2 aromatic heterocycles. The second-order valence-electron chi connectivity index (χ2n) is 8.30. The van der Waals surface area contributed by atoms with Crippen LogP contribution in [0, 0.1) is 6.92 Å². The number of hydrogen-bond donors (Lipinski definition) is 0. The fourth-order valence-corrected chi connectivity index (χ4v) is 4.25. The number of aryl methyl sites for hydroxylation is 1. The second kappa shape index (κ2) is 9.32. The number of aromatic nitrogens is 1. The maximum atomic E-state index is 6.39. The zero-order valence-electron chi connectivity index (χ0n) is 19.6. The first-order valence-corrected chi connectivity index (χ1v) is 11.5. The molecule has 5 rings (SSSR count). The largest absolute Gasteiger partial charge is 0.456 e. The fourth-order valence-electron chi connectivity index (χ4n) is 4.25. The molecule has 3 nitrogen and oxygen atoms in total. The zero-order valence-corrected chi connectivity index (χ0v) is 19.6. The van der Waals surface area contributed by atoms with Crippen LogP contribution >= 0.6 is 0 Å². The monoisotopic (exact) mass is 442 g/mol. The van der Waals surface area contributed by atoms with E-state index in [1.807, 2.05) is 55.5 Å². The number of para-hydroxylation sites is 1. The normalized spacial score (nSPS) is 13.4. The smallest absolute Gasteiger partial charge is 0.155 e. The van der Waals surface area contributed by atoms with Crippen molar-refractivity contribution in [3.8, 4) is 11.3 Å². The van der Waals surface area contributed by atoms with Gasteiger partial charge in [-0.25, -0.2) is 9.98 Å². The molecule has 0 aliphatic carbocycles. The second-order valence-corrected chi connectivity index (χ2v) is 8.30. The summed E-state index contributed by atoms with van der Waals surface area (Å²) >= 11 is 0. The zero-order chi connectivity index (χ0) is 23.5. The van der Waals surface area contributed by atoms with E-state index in [2.05, 4.69) is 68.5 Å². The van der Waals surface area contributed by atoms with Crippen LogP contribution in [0.3, 0.4) is 0 Å². The molecule has 0 saturated heterocycles. The van der Waals surface area contributed by atoms with Crippen molar-refractivity contribution in [2.45, 2.75) is 20.8 Å². The molecule has 0 atom stereocenters. The predicted octanol–water partition coefficient (Wildman–Crippen LogP) is 6.60. The van der Waals surface area contributed by atoms with Crippen LogP contribution in [0.2, 0.25) is 0 Å². The molecule has 5 aromatic rings. The molecule has 0 aliphatic heterocycles. The van der Waals surface area contributed by atoms with Crippen LogP contribution < -0.4 is 10.4 Å². The van der Waals surface area contributed by atoms with Crippen molar-refractivity contribution in [3.63, 3.8) is 0 Å². The summed E-state index contributed by atoms with van der Waals surface area (Å²) < 4.78 is 6.39. The van der Waals surface area contributed by atoms with Crippen LogP contribution in [-0.4, -0.2) is 10.7 Å². The minimum absolute atomic E-state index is 0.724. The van der Waals surface area contributed by atoms with Gasteiger partial charge >= 0.3 is 0 Å². The Hall–Kier alpha value is -4.24. The summed E-state index contributed by atoms with van der Waals surface area (Å²) in [7, 11) is 0. The van der Waals surface area contributed by atoms with Gasteiger partial charge in [0.15, 0.2) is 5.82 Å². The number of fused-ring (bicyclic) bond motifs is 1. The molecule has 0 aliphatic rings. The van der Waals surface area contributed by atoms with Crippen molar-refractivity contribution >= 4 is 34.1 Å². The van der Waals surface area contributed by atoms with Gasteiger partial charge in [0.2, 0.25) is 0 Å². The predicted molar refractivity (Wildman–Crippen MR) is 142 cm³/mol. The van der Waals surface area contributed by atoms with Gasteiger partial charge < -0.3 is 4.42 Å². The van der Waals surface area contributed by atoms with Crippen molar-refractivity contribution in [3.05, 3.63) is 119 Å². The molecule has 0 fully saturated rings. The summed E-state index contributed by atoms with van der Waals surface area (Å²) in [5.74, 6) is 2.34. The third kappa shape index (κ3) is 4.20. The number of benzene rings is 3. The summed E-state index contributed by atoms with van der Waals surface area (Å²) in [5.41, 5.74) is 4.84. The van der Waals surface area contributed by atoms with Crippen LogP contribution in [0.5, 0.6) is 0 Å². The molecule has 0 amide bonds. The Balaban J connectivity index is 1.72. The third-order valence-corrected chi connectivity index (χ3v) is 5.98. The lowest BCUT2D eigenvalue weighted by atomic mass is 10.0. The molecule has 166 valence electrons. The maximum absolute atomic E-state index is 6.39. The number of nitrogens with zero attached hydrogens (tertiary/aromatic N) is 2. The summed E-state index contributed by atoms with van der Waals surface area (Å²) in [5, 5.41) is 3.33. The van der Waals surface area contributed by atoms with Crippen molar-refractivity contribution in [2.24, 2.45) is 4.99 Å². The van der Waals surface area contributed by atoms with E-state index >= 15 is 0 Å². The average molecular weight is 443 g/mol. The quantitative estimate of drug-likeness (QED) is 0.294. The van der Waals surface area contributed by atoms with E-state index in [1.165, 1.54) is 0 Å². The first kappa shape index (κ1) is 21.6. The third-order valence-electron chi connectivity index (χ3n) is 5.98. The maximum Gasteiger partial charge on any atom is 0.155 e. The van der Waals surface area contributed by atoms with Crippen molar-refractivity contribution in [1.82, 2.24) is 4.98 Å². The highest BCUT2D eigenvalue weighted by Crippen LogP contribution is 2.27.